The fraction of sp³-hybridized carbons (Fsp3) is 0.214. The second-order valence-electron chi connectivity index (χ2n) is 4.54. The Morgan fingerprint density at radius 2 is 2.15 bits per heavy atom. The van der Waals surface area contributed by atoms with Crippen molar-refractivity contribution in [3.63, 3.8) is 0 Å². The molecule has 5 nitrogen and oxygen atoms in total. The first kappa shape index (κ1) is 14.3. The maximum Gasteiger partial charge on any atom is 0.287 e. The molecule has 0 fully saturated rings. The highest BCUT2D eigenvalue weighted by atomic mass is 35.5. The van der Waals surface area contributed by atoms with Gasteiger partial charge in [0.15, 0.2) is 0 Å². The van der Waals surface area contributed by atoms with Crippen LogP contribution in [0.15, 0.2) is 36.5 Å². The van der Waals surface area contributed by atoms with Gasteiger partial charge in [0.05, 0.1) is 4.92 Å². The molecule has 1 atom stereocenters. The van der Waals surface area contributed by atoms with Gasteiger partial charge in [0, 0.05) is 17.1 Å². The smallest absolute Gasteiger partial charge is 0.287 e. The van der Waals surface area contributed by atoms with Crippen LogP contribution >= 0.6 is 11.6 Å². The summed E-state index contributed by atoms with van der Waals surface area (Å²) in [4.78, 5) is 14.3. The van der Waals surface area contributed by atoms with Gasteiger partial charge in [-0.1, -0.05) is 23.7 Å². The zero-order chi connectivity index (χ0) is 14.7. The standard InChI is InChI=1S/C14H14ClN3O2/c1-9-6-13(18(19)20)8-16-14(9)17-10(2)11-4-3-5-12(15)7-11/h3-8,10H,1-2H3,(H,16,17). The zero-order valence-corrected chi connectivity index (χ0v) is 11.9. The Bertz CT molecular complexity index is 646. The van der Waals surface area contributed by atoms with Crippen LogP contribution in [-0.4, -0.2) is 9.91 Å². The van der Waals surface area contributed by atoms with Crippen molar-refractivity contribution in [1.29, 1.82) is 0 Å². The Morgan fingerprint density at radius 1 is 1.40 bits per heavy atom. The second-order valence-corrected chi connectivity index (χ2v) is 4.97. The third-order valence-electron chi connectivity index (χ3n) is 2.98. The number of nitrogens with zero attached hydrogens (tertiary/aromatic N) is 2. The molecular weight excluding hydrogens is 278 g/mol. The van der Waals surface area contributed by atoms with E-state index in [9.17, 15) is 10.1 Å². The number of aromatic nitrogens is 1. The van der Waals surface area contributed by atoms with Crippen molar-refractivity contribution in [3.8, 4) is 0 Å². The molecule has 104 valence electrons. The SMILES string of the molecule is Cc1cc([N+](=O)[O-])cnc1NC(C)c1cccc(Cl)c1. The number of rotatable bonds is 4. The Kier molecular flexibility index (Phi) is 4.20. The van der Waals surface area contributed by atoms with Crippen LogP contribution in [0.1, 0.15) is 24.1 Å². The zero-order valence-electron chi connectivity index (χ0n) is 11.1. The van der Waals surface area contributed by atoms with E-state index in [1.807, 2.05) is 31.2 Å². The van der Waals surface area contributed by atoms with Crippen LogP contribution in [0.5, 0.6) is 0 Å². The Hall–Kier alpha value is -2.14. The number of hydrogen-bond donors (Lipinski definition) is 1. The molecule has 0 spiro atoms. The summed E-state index contributed by atoms with van der Waals surface area (Å²) < 4.78 is 0. The van der Waals surface area contributed by atoms with Crippen LogP contribution in [0.2, 0.25) is 5.02 Å². The first-order valence-corrected chi connectivity index (χ1v) is 6.48. The normalized spacial score (nSPS) is 11.9. The van der Waals surface area contributed by atoms with Gasteiger partial charge >= 0.3 is 0 Å². The summed E-state index contributed by atoms with van der Waals surface area (Å²) >= 11 is 5.96. The monoisotopic (exact) mass is 291 g/mol. The Labute approximate surface area is 121 Å². The van der Waals surface area contributed by atoms with Crippen LogP contribution in [0.4, 0.5) is 11.5 Å². The number of nitro groups is 1. The van der Waals surface area contributed by atoms with Crippen molar-refractivity contribution >= 4 is 23.1 Å². The van der Waals surface area contributed by atoms with Crippen LogP contribution in [-0.2, 0) is 0 Å². The quantitative estimate of drug-likeness (QED) is 0.679. The highest BCUT2D eigenvalue weighted by molar-refractivity contribution is 6.30. The lowest BCUT2D eigenvalue weighted by Crippen LogP contribution is -2.09. The van der Waals surface area contributed by atoms with Crippen molar-refractivity contribution in [2.45, 2.75) is 19.9 Å². The number of halogens is 1. The van der Waals surface area contributed by atoms with Gasteiger partial charge in [0.25, 0.3) is 5.69 Å². The van der Waals surface area contributed by atoms with Gasteiger partial charge in [-0.25, -0.2) is 4.98 Å². The van der Waals surface area contributed by atoms with Gasteiger partial charge in [-0.3, -0.25) is 10.1 Å². The molecule has 1 unspecified atom stereocenters. The van der Waals surface area contributed by atoms with Crippen LogP contribution in [0, 0.1) is 17.0 Å². The molecule has 0 amide bonds. The largest absolute Gasteiger partial charge is 0.363 e. The van der Waals surface area contributed by atoms with Crippen molar-refractivity contribution in [2.24, 2.45) is 0 Å². The first-order chi connectivity index (χ1) is 9.47. The number of nitrogens with one attached hydrogen (secondary N) is 1. The minimum Gasteiger partial charge on any atom is -0.363 e. The number of hydrogen-bond acceptors (Lipinski definition) is 4. The van der Waals surface area contributed by atoms with Crippen molar-refractivity contribution < 1.29 is 4.92 Å². The molecule has 0 saturated carbocycles. The summed E-state index contributed by atoms with van der Waals surface area (Å²) in [5, 5.41) is 14.6. The maximum absolute atomic E-state index is 10.7. The summed E-state index contributed by atoms with van der Waals surface area (Å²) in [6.07, 6.45) is 1.25. The first-order valence-electron chi connectivity index (χ1n) is 6.10. The van der Waals surface area contributed by atoms with Gasteiger partial charge in [0.1, 0.15) is 12.0 Å². The Morgan fingerprint density at radius 3 is 2.75 bits per heavy atom. The van der Waals surface area contributed by atoms with E-state index in [2.05, 4.69) is 10.3 Å². The number of aryl methyl sites for hydroxylation is 1. The van der Waals surface area contributed by atoms with E-state index in [0.717, 1.165) is 11.1 Å². The van der Waals surface area contributed by atoms with Gasteiger partial charge in [0.2, 0.25) is 0 Å². The molecular formula is C14H14ClN3O2. The number of benzene rings is 1. The van der Waals surface area contributed by atoms with Crippen LogP contribution in [0.3, 0.4) is 0 Å². The predicted octanol–water partition coefficient (Wildman–Crippen LogP) is 4.12. The minimum absolute atomic E-state index is 0.00126. The molecule has 1 heterocycles. The van der Waals surface area contributed by atoms with Gasteiger partial charge in [-0.15, -0.1) is 0 Å². The van der Waals surface area contributed by atoms with Gasteiger partial charge in [-0.05, 0) is 37.1 Å². The van der Waals surface area contributed by atoms with Gasteiger partial charge < -0.3 is 5.32 Å². The van der Waals surface area contributed by atoms with E-state index < -0.39 is 4.92 Å². The molecule has 6 heteroatoms. The van der Waals surface area contributed by atoms with Crippen molar-refractivity contribution in [2.75, 3.05) is 5.32 Å². The summed E-state index contributed by atoms with van der Waals surface area (Å²) in [6.45, 7) is 3.77. The molecule has 0 aliphatic heterocycles. The molecule has 0 bridgehead atoms. The van der Waals surface area contributed by atoms with E-state index in [1.165, 1.54) is 12.3 Å². The maximum atomic E-state index is 10.7. The fourth-order valence-corrected chi connectivity index (χ4v) is 2.07. The summed E-state index contributed by atoms with van der Waals surface area (Å²) in [5.41, 5.74) is 1.74. The lowest BCUT2D eigenvalue weighted by Gasteiger charge is -2.16. The van der Waals surface area contributed by atoms with Crippen molar-refractivity contribution in [1.82, 2.24) is 4.98 Å². The molecule has 0 saturated heterocycles. The third-order valence-corrected chi connectivity index (χ3v) is 3.21. The summed E-state index contributed by atoms with van der Waals surface area (Å²) in [7, 11) is 0. The van der Waals surface area contributed by atoms with E-state index in [1.54, 1.807) is 6.92 Å². The van der Waals surface area contributed by atoms with Crippen LogP contribution in [0.25, 0.3) is 0 Å². The molecule has 1 N–H and O–H groups in total. The van der Waals surface area contributed by atoms with E-state index >= 15 is 0 Å². The lowest BCUT2D eigenvalue weighted by atomic mass is 10.1. The van der Waals surface area contributed by atoms with Crippen molar-refractivity contribution in [3.05, 3.63) is 62.8 Å². The molecule has 2 aromatic rings. The minimum atomic E-state index is -0.454. The van der Waals surface area contributed by atoms with Gasteiger partial charge in [-0.2, -0.15) is 0 Å². The average molecular weight is 292 g/mol. The predicted molar refractivity (Wildman–Crippen MR) is 79.1 cm³/mol. The highest BCUT2D eigenvalue weighted by Gasteiger charge is 2.12. The highest BCUT2D eigenvalue weighted by Crippen LogP contribution is 2.24. The average Bonchev–Trinajstić information content (AvgIpc) is 2.40. The molecule has 1 aromatic heterocycles. The van der Waals surface area contributed by atoms with E-state index in [0.29, 0.717) is 10.8 Å². The second kappa shape index (κ2) is 5.88. The van der Waals surface area contributed by atoms with Crippen LogP contribution < -0.4 is 5.32 Å². The van der Waals surface area contributed by atoms with E-state index in [4.69, 9.17) is 11.6 Å². The topological polar surface area (TPSA) is 68.1 Å². The molecule has 20 heavy (non-hydrogen) atoms. The molecule has 2 rings (SSSR count). The molecule has 0 aliphatic carbocycles. The number of pyridine rings is 1. The summed E-state index contributed by atoms with van der Waals surface area (Å²) in [6, 6.07) is 9.03. The Balaban J connectivity index is 2.19. The fourth-order valence-electron chi connectivity index (χ4n) is 1.88. The molecule has 0 radical (unpaired) electrons. The number of anilines is 1. The lowest BCUT2D eigenvalue weighted by molar-refractivity contribution is -0.385. The molecule has 1 aromatic carbocycles. The van der Waals surface area contributed by atoms with E-state index in [-0.39, 0.29) is 11.7 Å². The molecule has 0 aliphatic rings. The third kappa shape index (κ3) is 3.24. The summed E-state index contributed by atoms with van der Waals surface area (Å²) in [5.74, 6) is 0.628.